The highest BCUT2D eigenvalue weighted by Gasteiger charge is 2.74. The van der Waals surface area contributed by atoms with Crippen molar-refractivity contribution in [1.29, 1.82) is 0 Å². The van der Waals surface area contributed by atoms with E-state index in [-0.39, 0.29) is 6.42 Å². The Bertz CT molecular complexity index is 704. The fourth-order valence-electron chi connectivity index (χ4n) is 3.80. The number of benzene rings is 1. The number of aryl methyl sites for hydroxylation is 1. The van der Waals surface area contributed by atoms with Gasteiger partial charge in [-0.1, -0.05) is 17.7 Å². The van der Waals surface area contributed by atoms with Gasteiger partial charge in [0, 0.05) is 17.6 Å². The van der Waals surface area contributed by atoms with Crippen molar-refractivity contribution in [2.45, 2.75) is 24.9 Å². The molecule has 8 heteroatoms. The second kappa shape index (κ2) is 5.48. The minimum Gasteiger partial charge on any atom is -0.481 e. The maximum Gasteiger partial charge on any atom is 0.324 e. The standard InChI is InChI=1S/C16H19N3O5/c1-7-2-4-8(5-3-7)18-15(24)19-9-6-16(17,14(22)23)12-10(9)11(12)13(20)21/h2-5,9-12H,6,17H2,1H3,(H,20,21)(H,22,23)(H2,18,19,24)/t9-,10-,11-,12+,16-/m1/s1. The second-order valence-corrected chi connectivity index (χ2v) is 6.59. The van der Waals surface area contributed by atoms with E-state index in [1.807, 2.05) is 19.1 Å². The van der Waals surface area contributed by atoms with Gasteiger partial charge in [0.1, 0.15) is 5.54 Å². The maximum absolute atomic E-state index is 12.1. The first kappa shape index (κ1) is 16.3. The van der Waals surface area contributed by atoms with E-state index in [9.17, 15) is 24.6 Å². The van der Waals surface area contributed by atoms with E-state index in [2.05, 4.69) is 10.6 Å². The Balaban J connectivity index is 1.69. The highest BCUT2D eigenvalue weighted by atomic mass is 16.4. The maximum atomic E-state index is 12.1. The Kier molecular flexibility index (Phi) is 3.71. The summed E-state index contributed by atoms with van der Waals surface area (Å²) in [5.74, 6) is -4.25. The minimum atomic E-state index is -1.62. The van der Waals surface area contributed by atoms with Crippen LogP contribution in [-0.2, 0) is 9.59 Å². The number of carboxylic acids is 2. The molecule has 2 fully saturated rings. The minimum absolute atomic E-state index is 0.0166. The molecular weight excluding hydrogens is 314 g/mol. The molecular formula is C16H19N3O5. The topological polar surface area (TPSA) is 142 Å². The lowest BCUT2D eigenvalue weighted by molar-refractivity contribution is -0.145. The zero-order valence-corrected chi connectivity index (χ0v) is 13.0. The van der Waals surface area contributed by atoms with E-state index in [0.29, 0.717) is 5.69 Å². The van der Waals surface area contributed by atoms with Crippen LogP contribution in [0.3, 0.4) is 0 Å². The van der Waals surface area contributed by atoms with E-state index in [1.54, 1.807) is 12.1 Å². The lowest BCUT2D eigenvalue weighted by Crippen LogP contribution is -2.52. The third-order valence-electron chi connectivity index (χ3n) is 5.00. The summed E-state index contributed by atoms with van der Waals surface area (Å²) < 4.78 is 0. The summed E-state index contributed by atoms with van der Waals surface area (Å²) in [5, 5.41) is 23.9. The number of fused-ring (bicyclic) bond motifs is 1. The van der Waals surface area contributed by atoms with Crippen molar-refractivity contribution >= 4 is 23.7 Å². The normalized spacial score (nSPS) is 33.4. The molecule has 0 aliphatic heterocycles. The van der Waals surface area contributed by atoms with E-state index in [0.717, 1.165) is 5.56 Å². The molecule has 0 unspecified atom stereocenters. The molecule has 0 bridgehead atoms. The molecule has 128 valence electrons. The average molecular weight is 333 g/mol. The average Bonchev–Trinajstić information content (AvgIpc) is 3.18. The first-order chi connectivity index (χ1) is 11.2. The van der Waals surface area contributed by atoms with Gasteiger partial charge in [-0.15, -0.1) is 0 Å². The predicted octanol–water partition coefficient (Wildman–Crippen LogP) is 0.618. The van der Waals surface area contributed by atoms with Crippen LogP contribution in [0.15, 0.2) is 24.3 Å². The lowest BCUT2D eigenvalue weighted by Gasteiger charge is -2.25. The zero-order chi connectivity index (χ0) is 17.6. The van der Waals surface area contributed by atoms with Gasteiger partial charge in [-0.05, 0) is 31.4 Å². The van der Waals surface area contributed by atoms with Crippen molar-refractivity contribution in [2.75, 3.05) is 5.32 Å². The summed E-state index contributed by atoms with van der Waals surface area (Å²) in [4.78, 5) is 34.8. The van der Waals surface area contributed by atoms with Gasteiger partial charge in [-0.25, -0.2) is 4.79 Å². The highest BCUT2D eigenvalue weighted by molar-refractivity contribution is 5.91. The van der Waals surface area contributed by atoms with Crippen molar-refractivity contribution in [2.24, 2.45) is 23.5 Å². The van der Waals surface area contributed by atoms with Crippen molar-refractivity contribution in [3.63, 3.8) is 0 Å². The van der Waals surface area contributed by atoms with Crippen LogP contribution >= 0.6 is 0 Å². The summed E-state index contributed by atoms with van der Waals surface area (Å²) in [6, 6.07) is 6.09. The monoisotopic (exact) mass is 333 g/mol. The number of aliphatic carboxylic acids is 2. The van der Waals surface area contributed by atoms with Crippen LogP contribution in [0.25, 0.3) is 0 Å². The molecule has 0 aromatic heterocycles. The number of carboxylic acid groups (broad SMARTS) is 2. The van der Waals surface area contributed by atoms with E-state index in [1.165, 1.54) is 0 Å². The highest BCUT2D eigenvalue weighted by Crippen LogP contribution is 2.61. The second-order valence-electron chi connectivity index (χ2n) is 6.59. The van der Waals surface area contributed by atoms with Crippen molar-refractivity contribution in [3.05, 3.63) is 29.8 Å². The molecule has 1 aromatic carbocycles. The van der Waals surface area contributed by atoms with Gasteiger partial charge >= 0.3 is 18.0 Å². The molecule has 1 aromatic rings. The number of hydrogen-bond donors (Lipinski definition) is 5. The molecule has 24 heavy (non-hydrogen) atoms. The van der Waals surface area contributed by atoms with Crippen LogP contribution in [0.1, 0.15) is 12.0 Å². The van der Waals surface area contributed by atoms with Gasteiger partial charge < -0.3 is 26.6 Å². The molecule has 0 spiro atoms. The Labute approximate surface area is 138 Å². The van der Waals surface area contributed by atoms with Crippen molar-refractivity contribution < 1.29 is 24.6 Å². The van der Waals surface area contributed by atoms with Crippen LogP contribution in [-0.4, -0.2) is 39.8 Å². The van der Waals surface area contributed by atoms with Crippen LogP contribution < -0.4 is 16.4 Å². The Hall–Kier alpha value is -2.61. The fraction of sp³-hybridized carbons (Fsp3) is 0.438. The molecule has 2 aliphatic carbocycles. The summed E-state index contributed by atoms with van der Waals surface area (Å²) in [6.07, 6.45) is 0.0166. The molecule has 2 aliphatic rings. The summed E-state index contributed by atoms with van der Waals surface area (Å²) in [7, 11) is 0. The Morgan fingerprint density at radius 2 is 1.83 bits per heavy atom. The van der Waals surface area contributed by atoms with Gasteiger partial charge in [0.15, 0.2) is 0 Å². The van der Waals surface area contributed by atoms with E-state index >= 15 is 0 Å². The van der Waals surface area contributed by atoms with Gasteiger partial charge in [-0.2, -0.15) is 0 Å². The first-order valence-electron chi connectivity index (χ1n) is 7.63. The molecule has 0 saturated heterocycles. The third kappa shape index (κ3) is 2.58. The van der Waals surface area contributed by atoms with Gasteiger partial charge in [0.25, 0.3) is 0 Å². The molecule has 2 amide bonds. The van der Waals surface area contributed by atoms with E-state index in [4.69, 9.17) is 5.73 Å². The third-order valence-corrected chi connectivity index (χ3v) is 5.00. The first-order valence-corrected chi connectivity index (χ1v) is 7.63. The number of nitrogens with one attached hydrogen (secondary N) is 2. The van der Waals surface area contributed by atoms with Gasteiger partial charge in [0.2, 0.25) is 0 Å². The fourth-order valence-corrected chi connectivity index (χ4v) is 3.80. The lowest BCUT2D eigenvalue weighted by atomic mass is 9.90. The van der Waals surface area contributed by atoms with Crippen LogP contribution in [0.2, 0.25) is 0 Å². The molecule has 6 N–H and O–H groups in total. The number of nitrogens with two attached hydrogens (primary N) is 1. The van der Waals surface area contributed by atoms with E-state index < -0.39 is 47.3 Å². The molecule has 0 radical (unpaired) electrons. The number of amides is 2. The summed E-state index contributed by atoms with van der Waals surface area (Å²) in [6.45, 7) is 1.92. The number of urea groups is 1. The molecule has 5 atom stereocenters. The zero-order valence-electron chi connectivity index (χ0n) is 13.0. The quantitative estimate of drug-likeness (QED) is 0.547. The number of hydrogen-bond acceptors (Lipinski definition) is 4. The number of anilines is 1. The molecule has 8 nitrogen and oxygen atoms in total. The van der Waals surface area contributed by atoms with Crippen molar-refractivity contribution in [1.82, 2.24) is 5.32 Å². The largest absolute Gasteiger partial charge is 0.481 e. The van der Waals surface area contributed by atoms with Crippen LogP contribution in [0.5, 0.6) is 0 Å². The number of carbonyl (C=O) groups is 3. The summed E-state index contributed by atoms with van der Waals surface area (Å²) >= 11 is 0. The smallest absolute Gasteiger partial charge is 0.324 e. The van der Waals surface area contributed by atoms with Gasteiger partial charge in [-0.3, -0.25) is 9.59 Å². The van der Waals surface area contributed by atoms with Crippen LogP contribution in [0, 0.1) is 24.7 Å². The SMILES string of the molecule is Cc1ccc(NC(=O)N[C@@H]2C[C@](N)(C(=O)O)[C@@H]3[C@H](C(=O)O)[C@H]32)cc1. The molecule has 0 heterocycles. The predicted molar refractivity (Wildman–Crippen MR) is 84.4 cm³/mol. The summed E-state index contributed by atoms with van der Waals surface area (Å²) in [5.41, 5.74) is 5.95. The molecule has 3 rings (SSSR count). The van der Waals surface area contributed by atoms with Crippen molar-refractivity contribution in [3.8, 4) is 0 Å². The number of carbonyl (C=O) groups excluding carboxylic acids is 1. The number of rotatable bonds is 4. The molecule has 2 saturated carbocycles. The Morgan fingerprint density at radius 1 is 1.21 bits per heavy atom. The van der Waals surface area contributed by atoms with Gasteiger partial charge in [0.05, 0.1) is 5.92 Å². The Morgan fingerprint density at radius 3 is 2.38 bits per heavy atom. The van der Waals surface area contributed by atoms with Crippen LogP contribution in [0.4, 0.5) is 10.5 Å².